The molecule has 1 aromatic heterocycles. The van der Waals surface area contributed by atoms with E-state index >= 15 is 0 Å². The molecule has 1 saturated heterocycles. The van der Waals surface area contributed by atoms with E-state index in [1.807, 2.05) is 19.1 Å². The maximum Gasteiger partial charge on any atom is 0.338 e. The Morgan fingerprint density at radius 2 is 1.74 bits per heavy atom. The summed E-state index contributed by atoms with van der Waals surface area (Å²) in [5.74, 6) is -0.420. The first-order valence-corrected chi connectivity index (χ1v) is 12.7. The molecular weight excluding hydrogens is 504 g/mol. The number of aromatic nitrogens is 1. The number of nitrogens with zero attached hydrogens (tertiary/aromatic N) is 3. The lowest BCUT2D eigenvalue weighted by Gasteiger charge is -2.23. The lowest BCUT2D eigenvalue weighted by atomic mass is 10.1. The zero-order chi connectivity index (χ0) is 27.1. The van der Waals surface area contributed by atoms with Gasteiger partial charge in [0.1, 0.15) is 11.8 Å². The zero-order valence-corrected chi connectivity index (χ0v) is 21.9. The highest BCUT2D eigenvalue weighted by molar-refractivity contribution is 7.80. The van der Waals surface area contributed by atoms with E-state index in [1.165, 1.54) is 4.90 Å². The van der Waals surface area contributed by atoms with Crippen LogP contribution in [-0.2, 0) is 20.9 Å². The number of hydrogen-bond acceptors (Lipinski definition) is 7. The Bertz CT molecular complexity index is 1300. The number of ether oxygens (including phenoxy) is 2. The molecule has 1 N–H and O–H groups in total. The van der Waals surface area contributed by atoms with E-state index in [-0.39, 0.29) is 31.4 Å². The van der Waals surface area contributed by atoms with Gasteiger partial charge in [0, 0.05) is 11.9 Å². The molecule has 1 aliphatic heterocycles. The molecule has 0 radical (unpaired) electrons. The maximum absolute atomic E-state index is 13.6. The van der Waals surface area contributed by atoms with Crippen LogP contribution in [-0.4, -0.2) is 52.0 Å². The molecule has 1 fully saturated rings. The summed E-state index contributed by atoms with van der Waals surface area (Å²) >= 11 is 5.72. The molecule has 2 heterocycles. The number of hydrogen-bond donors (Lipinski definition) is 1. The van der Waals surface area contributed by atoms with Gasteiger partial charge in [-0.15, -0.1) is 0 Å². The lowest BCUT2D eigenvalue weighted by Crippen LogP contribution is -2.37. The van der Waals surface area contributed by atoms with E-state index in [4.69, 9.17) is 21.7 Å². The zero-order valence-electron chi connectivity index (χ0n) is 21.1. The van der Waals surface area contributed by atoms with Gasteiger partial charge in [-0.05, 0) is 86.7 Å². The summed E-state index contributed by atoms with van der Waals surface area (Å²) in [6.45, 7) is 4.70. The second kappa shape index (κ2) is 12.3. The van der Waals surface area contributed by atoms with Crippen LogP contribution >= 0.6 is 12.2 Å². The van der Waals surface area contributed by atoms with Crippen LogP contribution in [0.5, 0.6) is 5.75 Å². The van der Waals surface area contributed by atoms with E-state index in [9.17, 15) is 14.4 Å². The van der Waals surface area contributed by atoms with Gasteiger partial charge < -0.3 is 19.7 Å². The molecule has 2 aromatic carbocycles. The van der Waals surface area contributed by atoms with Gasteiger partial charge in [0.2, 0.25) is 5.91 Å². The van der Waals surface area contributed by atoms with E-state index < -0.39 is 12.0 Å². The van der Waals surface area contributed by atoms with Crippen molar-refractivity contribution in [1.82, 2.24) is 9.88 Å². The van der Waals surface area contributed by atoms with Gasteiger partial charge in [-0.3, -0.25) is 19.5 Å². The quantitative estimate of drug-likeness (QED) is 0.307. The standard InChI is InChI=1S/C28H28N4O5S/c1-3-36-23-14-12-22(13-15-23)32-26(34)24(31(28(32)38)18-21-7-5-6-16-29-21)17-25(33)30-20-10-8-19(9-11-20)27(35)37-4-2/h5-16,24H,3-4,17-18H2,1-2H3,(H,30,33)/t24-/m0/s1. The van der Waals surface area contributed by atoms with E-state index in [0.717, 1.165) is 5.69 Å². The number of benzene rings is 2. The molecule has 0 aliphatic carbocycles. The minimum Gasteiger partial charge on any atom is -0.494 e. The summed E-state index contributed by atoms with van der Waals surface area (Å²) in [6, 6.07) is 18.1. The number of carbonyl (C=O) groups excluding carboxylic acids is 3. The second-order valence-corrected chi connectivity index (χ2v) is 8.76. The number of anilines is 2. The van der Waals surface area contributed by atoms with Crippen molar-refractivity contribution >= 4 is 46.5 Å². The van der Waals surface area contributed by atoms with Gasteiger partial charge >= 0.3 is 5.97 Å². The molecule has 196 valence electrons. The highest BCUT2D eigenvalue weighted by Gasteiger charge is 2.44. The molecule has 0 unspecified atom stereocenters. The Balaban J connectivity index is 1.53. The molecule has 0 saturated carbocycles. The molecule has 1 atom stereocenters. The molecule has 0 spiro atoms. The fourth-order valence-electron chi connectivity index (χ4n) is 4.07. The van der Waals surface area contributed by atoms with Gasteiger partial charge in [-0.25, -0.2) is 4.79 Å². The molecule has 4 rings (SSSR count). The van der Waals surface area contributed by atoms with E-state index in [0.29, 0.717) is 34.4 Å². The smallest absolute Gasteiger partial charge is 0.338 e. The lowest BCUT2D eigenvalue weighted by molar-refractivity contribution is -0.124. The van der Waals surface area contributed by atoms with Crippen molar-refractivity contribution in [1.29, 1.82) is 0 Å². The van der Waals surface area contributed by atoms with Crippen LogP contribution in [0.2, 0.25) is 0 Å². The van der Waals surface area contributed by atoms with Crippen molar-refractivity contribution in [3.05, 3.63) is 84.2 Å². The van der Waals surface area contributed by atoms with Gasteiger partial charge in [0.15, 0.2) is 5.11 Å². The molecule has 1 aliphatic rings. The number of carbonyl (C=O) groups is 3. The van der Waals surface area contributed by atoms with E-state index in [2.05, 4.69) is 10.3 Å². The minimum atomic E-state index is -0.824. The van der Waals surface area contributed by atoms with Crippen molar-refractivity contribution in [3.8, 4) is 5.75 Å². The normalized spacial score (nSPS) is 14.9. The summed E-state index contributed by atoms with van der Waals surface area (Å²) < 4.78 is 10.5. The highest BCUT2D eigenvalue weighted by atomic mass is 32.1. The number of amides is 2. The number of rotatable bonds is 10. The highest BCUT2D eigenvalue weighted by Crippen LogP contribution is 2.30. The SMILES string of the molecule is CCOC(=O)c1ccc(NC(=O)C[C@H]2C(=O)N(c3ccc(OCC)cc3)C(=S)N2Cc2ccccn2)cc1. The van der Waals surface area contributed by atoms with Crippen LogP contribution < -0.4 is 15.0 Å². The Morgan fingerprint density at radius 1 is 1.00 bits per heavy atom. The molecule has 9 nitrogen and oxygen atoms in total. The molecule has 0 bridgehead atoms. The van der Waals surface area contributed by atoms with Gasteiger partial charge in [0.05, 0.1) is 43.1 Å². The fourth-order valence-corrected chi connectivity index (χ4v) is 4.45. The van der Waals surface area contributed by atoms with Crippen LogP contribution in [0.1, 0.15) is 36.3 Å². The first-order valence-electron chi connectivity index (χ1n) is 12.3. The monoisotopic (exact) mass is 532 g/mol. The third-order valence-electron chi connectivity index (χ3n) is 5.84. The van der Waals surface area contributed by atoms with E-state index in [1.54, 1.807) is 72.6 Å². The average molecular weight is 533 g/mol. The summed E-state index contributed by atoms with van der Waals surface area (Å²) in [4.78, 5) is 46.0. The Labute approximate surface area is 226 Å². The fraction of sp³-hybridized carbons (Fsp3) is 0.250. The molecule has 3 aromatic rings. The average Bonchev–Trinajstić information content (AvgIpc) is 3.14. The third-order valence-corrected chi connectivity index (χ3v) is 6.26. The van der Waals surface area contributed by atoms with Gasteiger partial charge in [-0.1, -0.05) is 6.07 Å². The van der Waals surface area contributed by atoms with Crippen molar-refractivity contribution < 1.29 is 23.9 Å². The first-order chi connectivity index (χ1) is 18.4. The molecule has 10 heteroatoms. The summed E-state index contributed by atoms with van der Waals surface area (Å²) in [5.41, 5.74) is 2.19. The van der Waals surface area contributed by atoms with Crippen molar-refractivity contribution in [2.75, 3.05) is 23.4 Å². The summed E-state index contributed by atoms with van der Waals surface area (Å²) in [5, 5.41) is 3.09. The topological polar surface area (TPSA) is 101 Å². The van der Waals surface area contributed by atoms with Crippen LogP contribution in [0.25, 0.3) is 0 Å². The third kappa shape index (κ3) is 6.15. The number of esters is 1. The predicted octanol–water partition coefficient (Wildman–Crippen LogP) is 4.19. The minimum absolute atomic E-state index is 0.126. The summed E-state index contributed by atoms with van der Waals surface area (Å²) in [7, 11) is 0. The number of thiocarbonyl (C=S) groups is 1. The molecular formula is C28H28N4O5S. The Morgan fingerprint density at radius 3 is 2.37 bits per heavy atom. The van der Waals surface area contributed by atoms with Crippen LogP contribution in [0.3, 0.4) is 0 Å². The van der Waals surface area contributed by atoms with Crippen LogP contribution in [0.15, 0.2) is 72.9 Å². The van der Waals surface area contributed by atoms with Crippen LogP contribution in [0.4, 0.5) is 11.4 Å². The van der Waals surface area contributed by atoms with Crippen molar-refractivity contribution in [3.63, 3.8) is 0 Å². The van der Waals surface area contributed by atoms with Crippen molar-refractivity contribution in [2.24, 2.45) is 0 Å². The number of pyridine rings is 1. The van der Waals surface area contributed by atoms with Crippen molar-refractivity contribution in [2.45, 2.75) is 32.9 Å². The molecule has 38 heavy (non-hydrogen) atoms. The largest absolute Gasteiger partial charge is 0.494 e. The Kier molecular flexibility index (Phi) is 8.65. The maximum atomic E-state index is 13.6. The van der Waals surface area contributed by atoms with Crippen LogP contribution in [0, 0.1) is 0 Å². The Hall–Kier alpha value is -4.31. The van der Waals surface area contributed by atoms with Gasteiger partial charge in [-0.2, -0.15) is 0 Å². The van der Waals surface area contributed by atoms with Gasteiger partial charge in [0.25, 0.3) is 5.91 Å². The summed E-state index contributed by atoms with van der Waals surface area (Å²) in [6.07, 6.45) is 1.54. The first kappa shape index (κ1) is 26.7. The predicted molar refractivity (Wildman–Crippen MR) is 147 cm³/mol. The molecule has 2 amide bonds. The number of nitrogens with one attached hydrogen (secondary N) is 1. The second-order valence-electron chi connectivity index (χ2n) is 8.40.